The molecule has 0 spiro atoms. The van der Waals surface area contributed by atoms with Crippen molar-refractivity contribution in [3.8, 4) is 0 Å². The Morgan fingerprint density at radius 3 is 2.02 bits per heavy atom. The Morgan fingerprint density at radius 1 is 0.750 bits per heavy atom. The van der Waals surface area contributed by atoms with E-state index in [2.05, 4.69) is 47.6 Å². The van der Waals surface area contributed by atoms with E-state index in [1.807, 2.05) is 0 Å². The molecule has 0 bridgehead atoms. The maximum atomic E-state index is 12.2. The highest BCUT2D eigenvalue weighted by molar-refractivity contribution is 5.31. The molecule has 6 rings (SSSR count). The molecule has 5 fully saturated rings. The van der Waals surface area contributed by atoms with Crippen molar-refractivity contribution in [3.05, 3.63) is 11.6 Å². The lowest BCUT2D eigenvalue weighted by atomic mass is 9.38. The molecule has 0 aromatic rings. The number of aliphatic hydroxyl groups is 10. The third kappa shape index (κ3) is 7.37. The highest BCUT2D eigenvalue weighted by Gasteiger charge is 2.70. The largest absolute Gasteiger partial charge is 0.393 e. The summed E-state index contributed by atoms with van der Waals surface area (Å²) in [4.78, 5) is 0. The van der Waals surface area contributed by atoms with Gasteiger partial charge in [-0.15, -0.1) is 0 Å². The van der Waals surface area contributed by atoms with Gasteiger partial charge in [-0.25, -0.2) is 0 Å². The molecule has 14 nitrogen and oxygen atoms in total. The minimum Gasteiger partial charge on any atom is -0.393 e. The van der Waals surface area contributed by atoms with E-state index < -0.39 is 85.8 Å². The van der Waals surface area contributed by atoms with Gasteiger partial charge in [0.25, 0.3) is 0 Å². The Balaban J connectivity index is 1.09. The molecule has 6 aliphatic rings. The summed E-state index contributed by atoms with van der Waals surface area (Å²) < 4.78 is 22.7. The molecule has 20 atom stereocenters. The average molecular weight is 801 g/mol. The topological polar surface area (TPSA) is 239 Å². The predicted molar refractivity (Wildman–Crippen MR) is 202 cm³/mol. The fourth-order valence-corrected chi connectivity index (χ4v) is 12.6. The van der Waals surface area contributed by atoms with Crippen LogP contribution < -0.4 is 0 Å². The average Bonchev–Trinajstić information content (AvgIpc) is 3.39. The Hall–Kier alpha value is -0.820. The Bertz CT molecular complexity index is 1400. The number of rotatable bonds is 11. The van der Waals surface area contributed by atoms with Crippen LogP contribution in [0.2, 0.25) is 0 Å². The van der Waals surface area contributed by atoms with Crippen molar-refractivity contribution in [2.45, 2.75) is 192 Å². The van der Waals surface area contributed by atoms with Crippen LogP contribution in [0.15, 0.2) is 11.6 Å². The normalized spacial score (nSPS) is 50.3. The van der Waals surface area contributed by atoms with Gasteiger partial charge in [0, 0.05) is 10.8 Å². The second-order valence-electron chi connectivity index (χ2n) is 20.3. The zero-order valence-electron chi connectivity index (χ0n) is 34.6. The van der Waals surface area contributed by atoms with E-state index in [-0.39, 0.29) is 46.2 Å². The summed E-state index contributed by atoms with van der Waals surface area (Å²) in [5.74, 6) is 1.13. The second kappa shape index (κ2) is 15.9. The second-order valence-corrected chi connectivity index (χ2v) is 20.3. The summed E-state index contributed by atoms with van der Waals surface area (Å²) in [6.45, 7) is 16.3. The highest BCUT2D eigenvalue weighted by atomic mass is 16.7. The monoisotopic (exact) mass is 800 g/mol. The highest BCUT2D eigenvalue weighted by Crippen LogP contribution is 2.75. The zero-order chi connectivity index (χ0) is 41.5. The van der Waals surface area contributed by atoms with Gasteiger partial charge in [-0.1, -0.05) is 53.2 Å². The molecule has 56 heavy (non-hydrogen) atoms. The van der Waals surface area contributed by atoms with Crippen molar-refractivity contribution in [2.75, 3.05) is 13.2 Å². The van der Waals surface area contributed by atoms with Gasteiger partial charge in [-0.3, -0.25) is 0 Å². The molecule has 20 unspecified atom stereocenters. The molecule has 3 saturated carbocycles. The van der Waals surface area contributed by atoms with Crippen LogP contribution in [0, 0.1) is 45.3 Å². The van der Waals surface area contributed by atoms with Crippen LogP contribution >= 0.6 is 0 Å². The molecule has 0 radical (unpaired) electrons. The number of hydrogen-bond acceptors (Lipinski definition) is 14. The maximum Gasteiger partial charge on any atom is 0.186 e. The first-order valence-electron chi connectivity index (χ1n) is 21.0. The first-order valence-corrected chi connectivity index (χ1v) is 21.0. The lowest BCUT2D eigenvalue weighted by molar-refractivity contribution is -0.328. The van der Waals surface area contributed by atoms with Crippen LogP contribution in [0.25, 0.3) is 0 Å². The Kier molecular flexibility index (Phi) is 12.7. The van der Waals surface area contributed by atoms with Crippen molar-refractivity contribution in [1.29, 1.82) is 0 Å². The van der Waals surface area contributed by atoms with E-state index in [1.54, 1.807) is 13.8 Å². The Morgan fingerprint density at radius 2 is 1.38 bits per heavy atom. The summed E-state index contributed by atoms with van der Waals surface area (Å²) in [5.41, 5.74) is -0.644. The summed E-state index contributed by atoms with van der Waals surface area (Å²) >= 11 is 0. The van der Waals surface area contributed by atoms with Crippen molar-refractivity contribution < 1.29 is 70.0 Å². The summed E-state index contributed by atoms with van der Waals surface area (Å²) in [6, 6.07) is 0. The molecule has 4 aliphatic carbocycles. The summed E-state index contributed by atoms with van der Waals surface area (Å²) in [5, 5.41) is 106. The minimum atomic E-state index is -1.79. The fraction of sp³-hybridized carbons (Fsp3) is 0.952. The van der Waals surface area contributed by atoms with E-state index in [4.69, 9.17) is 18.9 Å². The number of fused-ring (bicyclic) bond motifs is 5. The van der Waals surface area contributed by atoms with Gasteiger partial charge in [-0.2, -0.15) is 0 Å². The van der Waals surface area contributed by atoms with Crippen LogP contribution in [0.1, 0.15) is 107 Å². The molecular formula is C42H72O14. The van der Waals surface area contributed by atoms with Gasteiger partial charge >= 0.3 is 0 Å². The van der Waals surface area contributed by atoms with Gasteiger partial charge in [0.1, 0.15) is 48.8 Å². The smallest absolute Gasteiger partial charge is 0.186 e. The van der Waals surface area contributed by atoms with Crippen molar-refractivity contribution in [3.63, 3.8) is 0 Å². The molecule has 2 aliphatic heterocycles. The lowest BCUT2D eigenvalue weighted by Crippen LogP contribution is -2.64. The molecule has 0 aromatic heterocycles. The number of hydrogen-bond donors (Lipinski definition) is 10. The lowest BCUT2D eigenvalue weighted by Gasteiger charge is -2.67. The molecule has 2 heterocycles. The first kappa shape index (κ1) is 44.7. The molecule has 10 N–H and O–H groups in total. The van der Waals surface area contributed by atoms with Crippen molar-refractivity contribution in [2.24, 2.45) is 45.3 Å². The van der Waals surface area contributed by atoms with Crippen LogP contribution in [0.4, 0.5) is 0 Å². The number of ether oxygens (including phenoxy) is 4. The van der Waals surface area contributed by atoms with Gasteiger partial charge in [-0.05, 0) is 99.7 Å². The van der Waals surface area contributed by atoms with E-state index in [9.17, 15) is 51.1 Å². The predicted octanol–water partition coefficient (Wildman–Crippen LogP) is 1.12. The third-order valence-corrected chi connectivity index (χ3v) is 16.6. The van der Waals surface area contributed by atoms with Crippen LogP contribution in [0.5, 0.6) is 0 Å². The van der Waals surface area contributed by atoms with Crippen molar-refractivity contribution in [1.82, 2.24) is 0 Å². The number of aliphatic hydroxyl groups excluding tert-OH is 9. The molecule has 14 heteroatoms. The van der Waals surface area contributed by atoms with Gasteiger partial charge in [0.2, 0.25) is 0 Å². The first-order chi connectivity index (χ1) is 25.9. The standard InChI is InChI=1S/C42H72O14/c1-20(21-15-16-40(6)26-12-10-22-23(11-13-27(43)38(22,2)3)42(26,8)28(44)17-41(21,40)7)9-14-29(39(4,5)52)53-18-25-31(46)33(48)35(50)37(56-25)54-19-24-30(45)32(47)34(49)36(51)55-24/h10,20-21,23-37,43-52H,9,11-19H2,1-8H3. The quantitative estimate of drug-likeness (QED) is 0.132. The molecular weight excluding hydrogens is 728 g/mol. The fourth-order valence-electron chi connectivity index (χ4n) is 12.6. The maximum absolute atomic E-state index is 12.2. The zero-order valence-corrected chi connectivity index (χ0v) is 34.6. The molecule has 324 valence electrons. The van der Waals surface area contributed by atoms with Crippen LogP contribution in [0.3, 0.4) is 0 Å². The summed E-state index contributed by atoms with van der Waals surface area (Å²) in [6.07, 6.45) is -8.32. The summed E-state index contributed by atoms with van der Waals surface area (Å²) in [7, 11) is 0. The molecule has 0 amide bonds. The SMILES string of the molecule is CC(CCC(OCC1OC(OCC2OC(O)C(O)C(O)C2O)C(O)C(O)C1O)C(C)(C)O)C1CCC2(C)C3CC=C4C(CCC(O)C4(C)C)C3(C)C(O)CC12C. The van der Waals surface area contributed by atoms with Crippen LogP contribution in [-0.2, 0) is 18.9 Å². The van der Waals surface area contributed by atoms with Gasteiger partial charge < -0.3 is 70.0 Å². The molecule has 2 saturated heterocycles. The van der Waals surface area contributed by atoms with Crippen LogP contribution in [-0.4, -0.2) is 150 Å². The third-order valence-electron chi connectivity index (χ3n) is 16.6. The van der Waals surface area contributed by atoms with E-state index in [0.717, 1.165) is 38.5 Å². The molecule has 0 aromatic carbocycles. The van der Waals surface area contributed by atoms with Crippen molar-refractivity contribution >= 4 is 0 Å². The van der Waals surface area contributed by atoms with E-state index >= 15 is 0 Å². The minimum absolute atomic E-state index is 0.00876. The van der Waals surface area contributed by atoms with Gasteiger partial charge in [0.05, 0.1) is 37.1 Å². The van der Waals surface area contributed by atoms with E-state index in [1.165, 1.54) is 5.57 Å². The Labute approximate surface area is 331 Å². The number of allylic oxidation sites excluding steroid dienone is 1. The van der Waals surface area contributed by atoms with Gasteiger partial charge in [0.15, 0.2) is 12.6 Å². The van der Waals surface area contributed by atoms with E-state index in [0.29, 0.717) is 24.7 Å².